The molecule has 0 saturated heterocycles. The van der Waals surface area contributed by atoms with Crippen LogP contribution in [0.25, 0.3) is 0 Å². The lowest BCUT2D eigenvalue weighted by Gasteiger charge is -2.29. The number of likely N-dealkylation sites (N-methyl/N-ethyl adjacent to an activating group) is 1. The van der Waals surface area contributed by atoms with E-state index in [1.165, 1.54) is 141 Å². The lowest BCUT2D eigenvalue weighted by Crippen LogP contribution is -2.45. The molecule has 330 valence electrons. The number of phosphoric acid groups is 1. The average Bonchev–Trinajstić information content (AvgIpc) is 3.15. The minimum Gasteiger partial charge on any atom is -0.756 e. The van der Waals surface area contributed by atoms with Gasteiger partial charge in [0.05, 0.1) is 39.9 Å². The van der Waals surface area contributed by atoms with E-state index < -0.39 is 26.6 Å². The number of rotatable bonds is 42. The van der Waals surface area contributed by atoms with Gasteiger partial charge in [-0.1, -0.05) is 192 Å². The molecule has 0 aliphatic rings. The van der Waals surface area contributed by atoms with E-state index >= 15 is 0 Å². The van der Waals surface area contributed by atoms with Crippen molar-refractivity contribution < 1.29 is 32.9 Å². The van der Waals surface area contributed by atoms with Gasteiger partial charge in [0.1, 0.15) is 13.2 Å². The van der Waals surface area contributed by atoms with Gasteiger partial charge in [0.15, 0.2) is 0 Å². The third-order valence-corrected chi connectivity index (χ3v) is 11.3. The number of allylic oxidation sites excluding steroid dienone is 5. The Bertz CT molecular complexity index is 1010. The number of aliphatic hydroxyl groups excluding tert-OH is 1. The van der Waals surface area contributed by atoms with Crippen LogP contribution in [0.4, 0.5) is 0 Å². The molecule has 0 aliphatic carbocycles. The monoisotopic (exact) mass is 811 g/mol. The van der Waals surface area contributed by atoms with Gasteiger partial charge in [0.25, 0.3) is 7.82 Å². The number of nitrogens with zero attached hydrogens (tertiary/aromatic N) is 1. The van der Waals surface area contributed by atoms with Gasteiger partial charge in [-0.2, -0.15) is 0 Å². The summed E-state index contributed by atoms with van der Waals surface area (Å²) in [7, 11) is 1.24. The molecule has 0 rings (SSSR count). The number of aliphatic hydroxyl groups is 1. The first-order valence-electron chi connectivity index (χ1n) is 23.4. The normalized spacial score (nSPS) is 14.6. The Morgan fingerprint density at radius 2 is 1.00 bits per heavy atom. The largest absolute Gasteiger partial charge is 0.756 e. The summed E-state index contributed by atoms with van der Waals surface area (Å²) in [5, 5.41) is 13.7. The fourth-order valence-corrected chi connectivity index (χ4v) is 7.32. The van der Waals surface area contributed by atoms with E-state index in [1.54, 1.807) is 6.08 Å². The van der Waals surface area contributed by atoms with Crippen LogP contribution >= 0.6 is 7.82 Å². The first-order valence-corrected chi connectivity index (χ1v) is 24.8. The molecule has 56 heavy (non-hydrogen) atoms. The molecule has 2 N–H and O–H groups in total. The number of hydrogen-bond donors (Lipinski definition) is 2. The topological polar surface area (TPSA) is 108 Å². The van der Waals surface area contributed by atoms with Crippen LogP contribution in [0.3, 0.4) is 0 Å². The van der Waals surface area contributed by atoms with Crippen molar-refractivity contribution in [2.75, 3.05) is 40.9 Å². The van der Waals surface area contributed by atoms with E-state index in [4.69, 9.17) is 9.05 Å². The van der Waals surface area contributed by atoms with Gasteiger partial charge in [-0.3, -0.25) is 9.36 Å². The third kappa shape index (κ3) is 40.9. The fourth-order valence-electron chi connectivity index (χ4n) is 6.60. The van der Waals surface area contributed by atoms with Gasteiger partial charge in [0, 0.05) is 6.42 Å². The first-order chi connectivity index (χ1) is 27.0. The van der Waals surface area contributed by atoms with Crippen molar-refractivity contribution in [2.45, 2.75) is 219 Å². The molecule has 3 atom stereocenters. The zero-order valence-corrected chi connectivity index (χ0v) is 38.2. The predicted molar refractivity (Wildman–Crippen MR) is 238 cm³/mol. The quantitative estimate of drug-likeness (QED) is 0.0275. The molecule has 0 aromatic heterocycles. The summed E-state index contributed by atoms with van der Waals surface area (Å²) in [6.45, 7) is 4.61. The fraction of sp³-hybridized carbons (Fsp3) is 0.851. The second-order valence-corrected chi connectivity index (χ2v) is 18.5. The molecule has 3 unspecified atom stereocenters. The van der Waals surface area contributed by atoms with Crippen molar-refractivity contribution in [1.29, 1.82) is 0 Å². The van der Waals surface area contributed by atoms with Gasteiger partial charge >= 0.3 is 0 Å². The van der Waals surface area contributed by atoms with Crippen molar-refractivity contribution in [3.63, 3.8) is 0 Å². The van der Waals surface area contributed by atoms with E-state index in [1.807, 2.05) is 27.2 Å². The minimum absolute atomic E-state index is 0.00801. The second-order valence-electron chi connectivity index (χ2n) is 17.1. The highest BCUT2D eigenvalue weighted by Gasteiger charge is 2.23. The predicted octanol–water partition coefficient (Wildman–Crippen LogP) is 12.5. The zero-order chi connectivity index (χ0) is 41.4. The van der Waals surface area contributed by atoms with Gasteiger partial charge in [-0.25, -0.2) is 0 Å². The molecule has 0 saturated carbocycles. The van der Waals surface area contributed by atoms with E-state index in [-0.39, 0.29) is 12.5 Å². The highest BCUT2D eigenvalue weighted by Crippen LogP contribution is 2.38. The Balaban J connectivity index is 4.39. The molecule has 0 bridgehead atoms. The molecule has 0 spiro atoms. The summed E-state index contributed by atoms with van der Waals surface area (Å²) in [5.41, 5.74) is 0. The van der Waals surface area contributed by atoms with E-state index in [2.05, 4.69) is 43.5 Å². The Labute approximate surface area is 347 Å². The van der Waals surface area contributed by atoms with Gasteiger partial charge in [0.2, 0.25) is 5.91 Å². The number of nitrogens with one attached hydrogen (secondary N) is 1. The number of hydrogen-bond acceptors (Lipinski definition) is 6. The molecule has 8 nitrogen and oxygen atoms in total. The van der Waals surface area contributed by atoms with E-state index in [9.17, 15) is 19.4 Å². The molecular formula is C47H91N2O6P. The second kappa shape index (κ2) is 39.2. The van der Waals surface area contributed by atoms with Crippen LogP contribution in [-0.4, -0.2) is 68.5 Å². The molecule has 0 aromatic rings. The Kier molecular flexibility index (Phi) is 38.3. The van der Waals surface area contributed by atoms with Crippen LogP contribution in [0.1, 0.15) is 206 Å². The Morgan fingerprint density at radius 3 is 1.45 bits per heavy atom. The summed E-state index contributed by atoms with van der Waals surface area (Å²) >= 11 is 0. The molecule has 0 heterocycles. The van der Waals surface area contributed by atoms with E-state index in [0.29, 0.717) is 17.4 Å². The lowest BCUT2D eigenvalue weighted by molar-refractivity contribution is -0.870. The van der Waals surface area contributed by atoms with Crippen LogP contribution in [0.5, 0.6) is 0 Å². The highest BCUT2D eigenvalue weighted by molar-refractivity contribution is 7.45. The number of amides is 1. The minimum atomic E-state index is -4.59. The maximum atomic E-state index is 12.8. The maximum Gasteiger partial charge on any atom is 0.268 e. The van der Waals surface area contributed by atoms with Crippen molar-refractivity contribution in [3.05, 3.63) is 36.5 Å². The van der Waals surface area contributed by atoms with Gasteiger partial charge in [-0.15, -0.1) is 0 Å². The number of carbonyl (C=O) groups is 1. The standard InChI is InChI=1S/C47H91N2O6P/c1-6-8-10-12-14-16-18-19-20-21-22-23-24-25-26-27-28-29-31-32-34-36-38-40-46(50)45(44-55-56(52,53)54-43-42-49(3,4)5)48-47(51)41-39-37-35-33-30-17-15-13-11-9-7-2/h26-27,31-32,38,40,45-46,50H,6-25,28-30,33-37,39,41-44H2,1-5H3,(H-,48,51,52,53)/b27-26+,32-31+,40-38+. The van der Waals surface area contributed by atoms with Crippen LogP contribution in [-0.2, 0) is 18.4 Å². The van der Waals surface area contributed by atoms with Gasteiger partial charge < -0.3 is 28.8 Å². The van der Waals surface area contributed by atoms with Crippen molar-refractivity contribution in [2.24, 2.45) is 0 Å². The SMILES string of the molecule is CCCCCCCCCCCCCCC/C=C/CC/C=C/CC/C=C/C(O)C(COP(=O)([O-])OCC[N+](C)(C)C)NC(=O)CCCCCCCCCCCCC. The summed E-state index contributed by atoms with van der Waals surface area (Å²) in [6, 6.07) is -0.905. The number of phosphoric ester groups is 1. The molecular weight excluding hydrogens is 719 g/mol. The first kappa shape index (κ1) is 54.7. The van der Waals surface area contributed by atoms with Crippen LogP contribution in [0.2, 0.25) is 0 Å². The van der Waals surface area contributed by atoms with Gasteiger partial charge in [-0.05, 0) is 44.9 Å². The van der Waals surface area contributed by atoms with Crippen molar-refractivity contribution in [1.82, 2.24) is 5.32 Å². The molecule has 1 amide bonds. The van der Waals surface area contributed by atoms with E-state index in [0.717, 1.165) is 44.9 Å². The highest BCUT2D eigenvalue weighted by atomic mass is 31.2. The molecule has 0 aliphatic heterocycles. The lowest BCUT2D eigenvalue weighted by atomic mass is 10.0. The third-order valence-electron chi connectivity index (χ3n) is 10.3. The molecule has 0 aromatic carbocycles. The van der Waals surface area contributed by atoms with Crippen LogP contribution in [0, 0.1) is 0 Å². The summed E-state index contributed by atoms with van der Waals surface area (Å²) in [5.74, 6) is -0.213. The molecule has 0 radical (unpaired) electrons. The Morgan fingerprint density at radius 1 is 0.607 bits per heavy atom. The molecule has 9 heteroatoms. The number of carbonyl (C=O) groups excluding carboxylic acids is 1. The summed E-state index contributed by atoms with van der Waals surface area (Å²) in [6.07, 6.45) is 47.8. The molecule has 0 fully saturated rings. The average molecular weight is 811 g/mol. The smallest absolute Gasteiger partial charge is 0.268 e. The van der Waals surface area contributed by atoms with Crippen molar-refractivity contribution in [3.8, 4) is 0 Å². The van der Waals surface area contributed by atoms with Crippen LogP contribution in [0.15, 0.2) is 36.5 Å². The van der Waals surface area contributed by atoms with Crippen molar-refractivity contribution >= 4 is 13.7 Å². The summed E-state index contributed by atoms with van der Waals surface area (Å²) in [4.78, 5) is 25.2. The number of quaternary nitrogens is 1. The van der Waals surface area contributed by atoms with Crippen LogP contribution < -0.4 is 10.2 Å². The summed E-state index contributed by atoms with van der Waals surface area (Å²) < 4.78 is 23.2. The maximum absolute atomic E-state index is 12.8. The Hall–Kier alpha value is -1.28. The number of unbranched alkanes of at least 4 members (excludes halogenated alkanes) is 25. The zero-order valence-electron chi connectivity index (χ0n) is 37.3.